The highest BCUT2D eigenvalue weighted by molar-refractivity contribution is 7.71. The van der Waals surface area contributed by atoms with Gasteiger partial charge < -0.3 is 9.55 Å². The summed E-state index contributed by atoms with van der Waals surface area (Å²) in [6.45, 7) is 4.44. The molecule has 1 aromatic rings. The molecule has 0 amide bonds. The summed E-state index contributed by atoms with van der Waals surface area (Å²) in [5.41, 5.74) is 1.28. The van der Waals surface area contributed by atoms with Gasteiger partial charge in [-0.15, -0.1) is 0 Å². The van der Waals surface area contributed by atoms with Gasteiger partial charge in [0, 0.05) is 17.9 Å². The average Bonchev–Trinajstić information content (AvgIpc) is 2.59. The zero-order chi connectivity index (χ0) is 10.8. The van der Waals surface area contributed by atoms with Crippen molar-refractivity contribution in [3.8, 4) is 0 Å². The van der Waals surface area contributed by atoms with E-state index in [1.54, 1.807) is 0 Å². The van der Waals surface area contributed by atoms with Crippen LogP contribution in [-0.2, 0) is 0 Å². The molecule has 1 saturated carbocycles. The molecule has 2 rings (SSSR count). The molecule has 0 bridgehead atoms. The van der Waals surface area contributed by atoms with Crippen LogP contribution in [0.2, 0.25) is 0 Å². The van der Waals surface area contributed by atoms with Crippen molar-refractivity contribution in [3.63, 3.8) is 0 Å². The van der Waals surface area contributed by atoms with E-state index in [0.29, 0.717) is 6.04 Å². The number of aryl methyl sites for hydroxylation is 1. The van der Waals surface area contributed by atoms with E-state index in [1.807, 2.05) is 6.20 Å². The smallest absolute Gasteiger partial charge is 0.177 e. The second-order valence-electron chi connectivity index (χ2n) is 4.70. The van der Waals surface area contributed by atoms with E-state index in [4.69, 9.17) is 12.2 Å². The van der Waals surface area contributed by atoms with Gasteiger partial charge in [0.1, 0.15) is 0 Å². The lowest BCUT2D eigenvalue weighted by atomic mass is 9.84. The Hall–Kier alpha value is -0.570. The van der Waals surface area contributed by atoms with E-state index in [9.17, 15) is 0 Å². The molecule has 0 radical (unpaired) electrons. The molecule has 2 atom stereocenters. The second kappa shape index (κ2) is 4.52. The van der Waals surface area contributed by atoms with E-state index >= 15 is 0 Å². The minimum atomic E-state index is 0.641. The zero-order valence-electron chi connectivity index (χ0n) is 9.62. The molecule has 84 valence electrons. The first-order valence-corrected chi connectivity index (χ1v) is 6.39. The van der Waals surface area contributed by atoms with Crippen molar-refractivity contribution in [3.05, 3.63) is 16.7 Å². The number of aromatic amines is 1. The molecule has 1 N–H and O–H groups in total. The summed E-state index contributed by atoms with van der Waals surface area (Å²) in [5, 5.41) is 0. The van der Waals surface area contributed by atoms with Gasteiger partial charge in [-0.1, -0.05) is 26.2 Å². The molecule has 0 aliphatic heterocycles. The summed E-state index contributed by atoms with van der Waals surface area (Å²) in [6.07, 6.45) is 8.71. The fourth-order valence-electron chi connectivity index (χ4n) is 2.79. The number of hydrogen-bond donors (Lipinski definition) is 1. The van der Waals surface area contributed by atoms with E-state index in [2.05, 4.69) is 23.4 Å². The van der Waals surface area contributed by atoms with Crippen LogP contribution < -0.4 is 0 Å². The molecule has 1 aliphatic rings. The van der Waals surface area contributed by atoms with Crippen LogP contribution in [0.3, 0.4) is 0 Å². The summed E-state index contributed by atoms with van der Waals surface area (Å²) in [5.74, 6) is 0.903. The summed E-state index contributed by atoms with van der Waals surface area (Å²) in [4.78, 5) is 3.14. The molecule has 1 aromatic heterocycles. The van der Waals surface area contributed by atoms with Crippen LogP contribution in [0.5, 0.6) is 0 Å². The average molecular weight is 224 g/mol. The number of aromatic nitrogens is 2. The summed E-state index contributed by atoms with van der Waals surface area (Å²) >= 11 is 5.34. The molecule has 3 heteroatoms. The van der Waals surface area contributed by atoms with Crippen molar-refractivity contribution in [1.82, 2.24) is 9.55 Å². The molecule has 0 aromatic carbocycles. The lowest BCUT2D eigenvalue weighted by molar-refractivity contribution is 0.257. The van der Waals surface area contributed by atoms with Gasteiger partial charge in [0.2, 0.25) is 0 Å². The Morgan fingerprint density at radius 1 is 1.53 bits per heavy atom. The number of nitrogens with one attached hydrogen (secondary N) is 1. The van der Waals surface area contributed by atoms with Crippen LogP contribution in [0.4, 0.5) is 0 Å². The lowest BCUT2D eigenvalue weighted by Gasteiger charge is -2.30. The predicted octanol–water partition coefficient (Wildman–Crippen LogP) is 4.00. The monoisotopic (exact) mass is 224 g/mol. The van der Waals surface area contributed by atoms with Crippen LogP contribution in [0.15, 0.2) is 6.20 Å². The van der Waals surface area contributed by atoms with Crippen molar-refractivity contribution in [2.75, 3.05) is 0 Å². The highest BCUT2D eigenvalue weighted by Crippen LogP contribution is 2.34. The highest BCUT2D eigenvalue weighted by atomic mass is 32.1. The number of nitrogens with zero attached hydrogens (tertiary/aromatic N) is 1. The molecule has 1 aliphatic carbocycles. The Labute approximate surface area is 96.7 Å². The van der Waals surface area contributed by atoms with Crippen LogP contribution in [0.1, 0.15) is 50.8 Å². The number of H-pyrrole nitrogens is 1. The maximum Gasteiger partial charge on any atom is 0.177 e. The van der Waals surface area contributed by atoms with Crippen LogP contribution in [-0.4, -0.2) is 9.55 Å². The fourth-order valence-corrected chi connectivity index (χ4v) is 3.14. The molecule has 0 saturated heterocycles. The topological polar surface area (TPSA) is 20.7 Å². The molecule has 1 heterocycles. The van der Waals surface area contributed by atoms with Crippen molar-refractivity contribution in [2.24, 2.45) is 5.92 Å². The van der Waals surface area contributed by atoms with Gasteiger partial charge in [0.05, 0.1) is 0 Å². The quantitative estimate of drug-likeness (QED) is 0.753. The van der Waals surface area contributed by atoms with Crippen molar-refractivity contribution >= 4 is 12.2 Å². The van der Waals surface area contributed by atoms with Crippen molar-refractivity contribution in [2.45, 2.75) is 52.0 Å². The van der Waals surface area contributed by atoms with Gasteiger partial charge in [-0.25, -0.2) is 0 Å². The number of hydrogen-bond acceptors (Lipinski definition) is 1. The van der Waals surface area contributed by atoms with E-state index in [0.717, 1.165) is 10.7 Å². The van der Waals surface area contributed by atoms with Gasteiger partial charge in [0.15, 0.2) is 4.77 Å². The van der Waals surface area contributed by atoms with Gasteiger partial charge >= 0.3 is 0 Å². The predicted molar refractivity (Wildman–Crippen MR) is 65.6 cm³/mol. The number of rotatable bonds is 2. The highest BCUT2D eigenvalue weighted by Gasteiger charge is 2.23. The molecule has 0 spiro atoms. The first kappa shape index (κ1) is 10.9. The maximum atomic E-state index is 5.34. The Bertz CT molecular complexity index is 377. The molecule has 1 fully saturated rings. The Morgan fingerprint density at radius 2 is 2.33 bits per heavy atom. The zero-order valence-corrected chi connectivity index (χ0v) is 10.4. The standard InChI is InChI=1S/C12H20N2S/c1-3-10-5-4-6-11(7-10)14-9(2)8-13-12(14)15/h8,10-11H,3-7H2,1-2H3,(H,13,15). The maximum absolute atomic E-state index is 5.34. The van der Waals surface area contributed by atoms with Gasteiger partial charge in [0.25, 0.3) is 0 Å². The molecule has 2 unspecified atom stereocenters. The third kappa shape index (κ3) is 2.17. The Kier molecular flexibility index (Phi) is 3.29. The van der Waals surface area contributed by atoms with Gasteiger partial charge in [-0.3, -0.25) is 0 Å². The first-order chi connectivity index (χ1) is 7.22. The minimum Gasteiger partial charge on any atom is -0.337 e. The first-order valence-electron chi connectivity index (χ1n) is 5.99. The van der Waals surface area contributed by atoms with Gasteiger partial charge in [-0.05, 0) is 37.9 Å². The second-order valence-corrected chi connectivity index (χ2v) is 5.09. The van der Waals surface area contributed by atoms with Crippen LogP contribution >= 0.6 is 12.2 Å². The summed E-state index contributed by atoms with van der Waals surface area (Å²) in [7, 11) is 0. The Morgan fingerprint density at radius 3 is 2.93 bits per heavy atom. The van der Waals surface area contributed by atoms with E-state index in [1.165, 1.54) is 37.8 Å². The molecule has 15 heavy (non-hydrogen) atoms. The SMILES string of the molecule is CCC1CCCC(n2c(C)c[nH]c2=S)C1. The minimum absolute atomic E-state index is 0.641. The lowest BCUT2D eigenvalue weighted by Crippen LogP contribution is -2.19. The third-order valence-corrected chi connectivity index (χ3v) is 4.02. The van der Waals surface area contributed by atoms with Crippen molar-refractivity contribution < 1.29 is 0 Å². The number of imidazole rings is 1. The Balaban J connectivity index is 2.20. The van der Waals surface area contributed by atoms with Crippen molar-refractivity contribution in [1.29, 1.82) is 0 Å². The van der Waals surface area contributed by atoms with Crippen LogP contribution in [0, 0.1) is 17.6 Å². The largest absolute Gasteiger partial charge is 0.337 e. The normalized spacial score (nSPS) is 26.8. The summed E-state index contributed by atoms with van der Waals surface area (Å²) in [6, 6.07) is 0.641. The molecular weight excluding hydrogens is 204 g/mol. The van der Waals surface area contributed by atoms with Crippen LogP contribution in [0.25, 0.3) is 0 Å². The van der Waals surface area contributed by atoms with E-state index in [-0.39, 0.29) is 0 Å². The summed E-state index contributed by atoms with van der Waals surface area (Å²) < 4.78 is 3.21. The fraction of sp³-hybridized carbons (Fsp3) is 0.750. The third-order valence-electron chi connectivity index (χ3n) is 3.70. The molecular formula is C12H20N2S. The van der Waals surface area contributed by atoms with E-state index < -0.39 is 0 Å². The van der Waals surface area contributed by atoms with Gasteiger partial charge in [-0.2, -0.15) is 0 Å². The molecule has 2 nitrogen and oxygen atoms in total.